The Morgan fingerprint density at radius 1 is 1.50 bits per heavy atom. The first-order chi connectivity index (χ1) is 9.56. The normalized spacial score (nSPS) is 17.8. The number of aryl methyl sites for hydroxylation is 1. The van der Waals surface area contributed by atoms with Gasteiger partial charge in [-0.3, -0.25) is 4.79 Å². The summed E-state index contributed by atoms with van der Waals surface area (Å²) in [6.45, 7) is 2.08. The Kier molecular flexibility index (Phi) is 4.98. The minimum atomic E-state index is -0.528. The zero-order chi connectivity index (χ0) is 14.5. The largest absolute Gasteiger partial charge is 0.454 e. The van der Waals surface area contributed by atoms with Crippen LogP contribution in [-0.4, -0.2) is 31.2 Å². The zero-order valence-corrected chi connectivity index (χ0v) is 11.9. The van der Waals surface area contributed by atoms with Crippen molar-refractivity contribution in [3.8, 4) is 0 Å². The van der Waals surface area contributed by atoms with Gasteiger partial charge in [-0.25, -0.2) is 4.79 Å². The van der Waals surface area contributed by atoms with Gasteiger partial charge in [0.25, 0.3) is 5.91 Å². The monoisotopic (exact) mass is 297 g/mol. The van der Waals surface area contributed by atoms with Crippen LogP contribution in [0.25, 0.3) is 0 Å². The standard InChI is InChI=1S/C14H16ClNO4/c1-9-7-10(15)4-5-11(9)16-13(17)8-20-14(18)12-3-2-6-19-12/h4-5,7,12H,2-3,6,8H2,1H3,(H,16,17)/t12-/m1/s1. The number of anilines is 1. The number of halogens is 1. The van der Waals surface area contributed by atoms with Crippen molar-refractivity contribution in [1.29, 1.82) is 0 Å². The Morgan fingerprint density at radius 2 is 2.30 bits per heavy atom. The fourth-order valence-corrected chi connectivity index (χ4v) is 2.17. The number of benzene rings is 1. The second-order valence-corrected chi connectivity index (χ2v) is 5.05. The Bertz CT molecular complexity index is 512. The highest BCUT2D eigenvalue weighted by Crippen LogP contribution is 2.19. The van der Waals surface area contributed by atoms with Gasteiger partial charge in [-0.2, -0.15) is 0 Å². The fourth-order valence-electron chi connectivity index (χ4n) is 1.95. The number of carbonyl (C=O) groups excluding carboxylic acids is 2. The molecular weight excluding hydrogens is 282 g/mol. The SMILES string of the molecule is Cc1cc(Cl)ccc1NC(=O)COC(=O)[C@H]1CCCO1. The number of rotatable bonds is 4. The molecule has 1 heterocycles. The van der Waals surface area contributed by atoms with Gasteiger partial charge < -0.3 is 14.8 Å². The molecule has 1 N–H and O–H groups in total. The van der Waals surface area contributed by atoms with Gasteiger partial charge in [-0.1, -0.05) is 11.6 Å². The van der Waals surface area contributed by atoms with Crippen molar-refractivity contribution in [1.82, 2.24) is 0 Å². The van der Waals surface area contributed by atoms with Crippen LogP contribution in [0, 0.1) is 6.92 Å². The molecule has 0 spiro atoms. The Hall–Kier alpha value is -1.59. The Balaban J connectivity index is 1.81. The maximum Gasteiger partial charge on any atom is 0.335 e. The van der Waals surface area contributed by atoms with Gasteiger partial charge in [0.1, 0.15) is 0 Å². The summed E-state index contributed by atoms with van der Waals surface area (Å²) in [4.78, 5) is 23.3. The molecule has 0 aliphatic carbocycles. The number of amides is 1. The minimum absolute atomic E-state index is 0.319. The van der Waals surface area contributed by atoms with Gasteiger partial charge >= 0.3 is 5.97 Å². The molecule has 1 saturated heterocycles. The molecule has 0 radical (unpaired) electrons. The van der Waals surface area contributed by atoms with E-state index in [4.69, 9.17) is 21.1 Å². The lowest BCUT2D eigenvalue weighted by Gasteiger charge is -2.11. The van der Waals surface area contributed by atoms with Crippen LogP contribution in [0.5, 0.6) is 0 Å². The van der Waals surface area contributed by atoms with Gasteiger partial charge in [-0.15, -0.1) is 0 Å². The van der Waals surface area contributed by atoms with Crippen molar-refractivity contribution >= 4 is 29.2 Å². The molecular formula is C14H16ClNO4. The number of hydrogen-bond acceptors (Lipinski definition) is 4. The van der Waals surface area contributed by atoms with E-state index in [1.54, 1.807) is 18.2 Å². The predicted octanol–water partition coefficient (Wildman–Crippen LogP) is 2.31. The van der Waals surface area contributed by atoms with Crippen LogP contribution in [-0.2, 0) is 19.1 Å². The lowest BCUT2D eigenvalue weighted by molar-refractivity contribution is -0.156. The van der Waals surface area contributed by atoms with Crippen LogP contribution in [0.2, 0.25) is 5.02 Å². The maximum atomic E-state index is 11.7. The Morgan fingerprint density at radius 3 is 2.95 bits per heavy atom. The van der Waals surface area contributed by atoms with Crippen molar-refractivity contribution in [2.45, 2.75) is 25.9 Å². The molecule has 0 aromatic heterocycles. The highest BCUT2D eigenvalue weighted by molar-refractivity contribution is 6.30. The summed E-state index contributed by atoms with van der Waals surface area (Å²) in [5.74, 6) is -0.868. The van der Waals surface area contributed by atoms with E-state index >= 15 is 0 Å². The first kappa shape index (κ1) is 14.8. The second-order valence-electron chi connectivity index (χ2n) is 4.62. The molecule has 1 atom stereocenters. The summed E-state index contributed by atoms with van der Waals surface area (Å²) in [6.07, 6.45) is 0.965. The molecule has 0 unspecified atom stereocenters. The topological polar surface area (TPSA) is 64.6 Å². The molecule has 108 valence electrons. The Labute approximate surface area is 122 Å². The molecule has 0 saturated carbocycles. The fraction of sp³-hybridized carbons (Fsp3) is 0.429. The van der Waals surface area contributed by atoms with E-state index in [2.05, 4.69) is 5.32 Å². The molecule has 1 fully saturated rings. The highest BCUT2D eigenvalue weighted by atomic mass is 35.5. The summed E-state index contributed by atoms with van der Waals surface area (Å²) < 4.78 is 10.1. The summed E-state index contributed by atoms with van der Waals surface area (Å²) in [5, 5.41) is 3.27. The van der Waals surface area contributed by atoms with Crippen LogP contribution in [0.1, 0.15) is 18.4 Å². The second kappa shape index (κ2) is 6.72. The first-order valence-electron chi connectivity index (χ1n) is 6.40. The molecule has 5 nitrogen and oxygen atoms in total. The van der Waals surface area contributed by atoms with Gasteiger partial charge in [0.15, 0.2) is 12.7 Å². The molecule has 6 heteroatoms. The van der Waals surface area contributed by atoms with Crippen LogP contribution < -0.4 is 5.32 Å². The summed E-state index contributed by atoms with van der Waals surface area (Å²) in [5.41, 5.74) is 1.49. The number of ether oxygens (including phenoxy) is 2. The highest BCUT2D eigenvalue weighted by Gasteiger charge is 2.25. The van der Waals surface area contributed by atoms with Gasteiger partial charge in [0.2, 0.25) is 0 Å². The van der Waals surface area contributed by atoms with Crippen LogP contribution in [0.3, 0.4) is 0 Å². The molecule has 1 aliphatic heterocycles. The van der Waals surface area contributed by atoms with Crippen molar-refractivity contribution in [3.63, 3.8) is 0 Å². The average molecular weight is 298 g/mol. The minimum Gasteiger partial charge on any atom is -0.454 e. The number of esters is 1. The average Bonchev–Trinajstić information content (AvgIpc) is 2.93. The lowest BCUT2D eigenvalue weighted by Crippen LogP contribution is -2.27. The van der Waals surface area contributed by atoms with Crippen molar-refractivity contribution < 1.29 is 19.1 Å². The molecule has 1 aliphatic rings. The molecule has 2 rings (SSSR count). The third-order valence-corrected chi connectivity index (χ3v) is 3.24. The third-order valence-electron chi connectivity index (χ3n) is 3.00. The van der Waals surface area contributed by atoms with Crippen molar-refractivity contribution in [2.24, 2.45) is 0 Å². The van der Waals surface area contributed by atoms with Crippen molar-refractivity contribution in [2.75, 3.05) is 18.5 Å². The molecule has 1 aromatic carbocycles. The lowest BCUT2D eigenvalue weighted by atomic mass is 10.2. The number of hydrogen-bond donors (Lipinski definition) is 1. The van der Waals surface area contributed by atoms with Crippen molar-refractivity contribution in [3.05, 3.63) is 28.8 Å². The van der Waals surface area contributed by atoms with Crippen LogP contribution in [0.4, 0.5) is 5.69 Å². The number of carbonyl (C=O) groups is 2. The third kappa shape index (κ3) is 3.95. The predicted molar refractivity (Wildman–Crippen MR) is 74.8 cm³/mol. The quantitative estimate of drug-likeness (QED) is 0.866. The van der Waals surface area contributed by atoms with Crippen LogP contribution >= 0.6 is 11.6 Å². The number of nitrogens with one attached hydrogen (secondary N) is 1. The first-order valence-corrected chi connectivity index (χ1v) is 6.78. The summed E-state index contributed by atoms with van der Waals surface area (Å²) >= 11 is 5.83. The smallest absolute Gasteiger partial charge is 0.335 e. The van der Waals surface area contributed by atoms with Gasteiger partial charge in [0.05, 0.1) is 0 Å². The van der Waals surface area contributed by atoms with E-state index in [-0.39, 0.29) is 12.5 Å². The molecule has 1 amide bonds. The van der Waals surface area contributed by atoms with E-state index in [0.717, 1.165) is 12.0 Å². The summed E-state index contributed by atoms with van der Waals surface area (Å²) in [6, 6.07) is 5.13. The van der Waals surface area contributed by atoms with E-state index in [1.165, 1.54) is 0 Å². The van der Waals surface area contributed by atoms with Crippen LogP contribution in [0.15, 0.2) is 18.2 Å². The maximum absolute atomic E-state index is 11.7. The van der Waals surface area contributed by atoms with E-state index in [1.807, 2.05) is 6.92 Å². The summed E-state index contributed by atoms with van der Waals surface area (Å²) in [7, 11) is 0. The molecule has 20 heavy (non-hydrogen) atoms. The molecule has 0 bridgehead atoms. The molecule has 1 aromatic rings. The van der Waals surface area contributed by atoms with Gasteiger partial charge in [-0.05, 0) is 43.5 Å². The van der Waals surface area contributed by atoms with E-state index in [9.17, 15) is 9.59 Å². The zero-order valence-electron chi connectivity index (χ0n) is 11.1. The van der Waals surface area contributed by atoms with E-state index < -0.39 is 12.1 Å². The van der Waals surface area contributed by atoms with Gasteiger partial charge in [0, 0.05) is 17.3 Å². The van der Waals surface area contributed by atoms with E-state index in [0.29, 0.717) is 23.7 Å².